The molecule has 7 rings (SSSR count). The predicted octanol–water partition coefficient (Wildman–Crippen LogP) is 5.18. The molecular weight excluding hydrogens is 617 g/mol. The van der Waals surface area contributed by atoms with E-state index in [1.165, 1.54) is 10.6 Å². The molecule has 3 atom stereocenters. The zero-order chi connectivity index (χ0) is 31.9. The number of halogens is 5. The minimum atomic E-state index is -4.92. The summed E-state index contributed by atoms with van der Waals surface area (Å²) in [7, 11) is 0. The Morgan fingerprint density at radius 2 is 1.91 bits per heavy atom. The number of hydrogen-bond donors (Lipinski definition) is 0. The number of amides is 1. The summed E-state index contributed by atoms with van der Waals surface area (Å²) in [5.74, 6) is -1.14. The van der Waals surface area contributed by atoms with Crippen molar-refractivity contribution in [1.82, 2.24) is 19.4 Å². The summed E-state index contributed by atoms with van der Waals surface area (Å²) >= 11 is 1.12. The summed E-state index contributed by atoms with van der Waals surface area (Å²) < 4.78 is 80.5. The minimum absolute atomic E-state index is 0.0658. The lowest BCUT2D eigenvalue weighted by atomic mass is 9.95. The van der Waals surface area contributed by atoms with Crippen LogP contribution < -0.4 is 10.6 Å². The van der Waals surface area contributed by atoms with Gasteiger partial charge in [-0.1, -0.05) is 6.58 Å². The summed E-state index contributed by atoms with van der Waals surface area (Å²) in [5.41, 5.74) is -1.34. The maximum absolute atomic E-state index is 15.2. The minimum Gasteiger partial charge on any atom is -0.488 e. The number of thioether (sulfide) groups is 1. The van der Waals surface area contributed by atoms with Gasteiger partial charge in [-0.3, -0.25) is 9.36 Å². The van der Waals surface area contributed by atoms with Crippen molar-refractivity contribution >= 4 is 34.4 Å². The number of nitrogens with zero attached hydrogens (tertiary/aromatic N) is 5. The van der Waals surface area contributed by atoms with Crippen LogP contribution in [-0.2, 0) is 15.7 Å². The van der Waals surface area contributed by atoms with Gasteiger partial charge in [0, 0.05) is 64.9 Å². The Kier molecular flexibility index (Phi) is 6.91. The van der Waals surface area contributed by atoms with Gasteiger partial charge in [-0.25, -0.2) is 13.6 Å². The Hall–Kier alpha value is -4.07. The summed E-state index contributed by atoms with van der Waals surface area (Å²) in [6.07, 6.45) is -3.71. The van der Waals surface area contributed by atoms with Gasteiger partial charge in [0.15, 0.2) is 0 Å². The van der Waals surface area contributed by atoms with Gasteiger partial charge in [0.05, 0.1) is 29.4 Å². The van der Waals surface area contributed by atoms with Crippen molar-refractivity contribution < 1.29 is 31.5 Å². The molecule has 8 nitrogen and oxygen atoms in total. The van der Waals surface area contributed by atoms with Crippen LogP contribution in [0.25, 0.3) is 22.0 Å². The quantitative estimate of drug-likeness (QED) is 0.280. The molecule has 0 aliphatic carbocycles. The molecular formula is C31H28F5N5O3S. The van der Waals surface area contributed by atoms with Gasteiger partial charge in [0.1, 0.15) is 29.8 Å². The lowest BCUT2D eigenvalue weighted by Gasteiger charge is -2.46. The lowest BCUT2D eigenvalue weighted by molar-refractivity contribution is -0.137. The highest BCUT2D eigenvalue weighted by atomic mass is 32.2. The smallest absolute Gasteiger partial charge is 0.417 e. The van der Waals surface area contributed by atoms with Gasteiger partial charge in [0.2, 0.25) is 5.91 Å². The number of piperazine rings is 1. The van der Waals surface area contributed by atoms with Crippen LogP contribution in [0.15, 0.2) is 58.1 Å². The van der Waals surface area contributed by atoms with Gasteiger partial charge >= 0.3 is 11.9 Å². The van der Waals surface area contributed by atoms with Crippen molar-refractivity contribution in [2.24, 2.45) is 0 Å². The molecule has 0 unspecified atom stereocenters. The highest BCUT2D eigenvalue weighted by molar-refractivity contribution is 7.99. The molecule has 1 amide bonds. The normalized spacial score (nSPS) is 22.6. The van der Waals surface area contributed by atoms with E-state index in [9.17, 15) is 27.2 Å². The van der Waals surface area contributed by atoms with Crippen molar-refractivity contribution in [2.75, 3.05) is 43.4 Å². The molecule has 14 heteroatoms. The number of rotatable bonds is 5. The molecule has 3 aromatic rings. The fraction of sp³-hybridized carbons (Fsp3) is 0.387. The molecule has 0 bridgehead atoms. The van der Waals surface area contributed by atoms with Crippen LogP contribution in [0.5, 0.6) is 0 Å². The average molecular weight is 646 g/mol. The van der Waals surface area contributed by atoms with E-state index < -0.39 is 46.2 Å². The number of morpholine rings is 1. The first kappa shape index (κ1) is 29.6. The third-order valence-corrected chi connectivity index (χ3v) is 10.2. The molecule has 236 valence electrons. The van der Waals surface area contributed by atoms with Crippen molar-refractivity contribution in [2.45, 2.75) is 43.0 Å². The second-order valence-corrected chi connectivity index (χ2v) is 12.8. The van der Waals surface area contributed by atoms with E-state index in [1.807, 2.05) is 13.8 Å². The number of carbonyl (C=O) groups excluding carboxylic acids is 1. The molecule has 1 saturated heterocycles. The number of ether oxygens (including phenoxy) is 1. The third kappa shape index (κ3) is 4.67. The molecule has 1 fully saturated rings. The summed E-state index contributed by atoms with van der Waals surface area (Å²) in [5, 5.41) is 0.0961. The fourth-order valence-corrected chi connectivity index (χ4v) is 8.26. The van der Waals surface area contributed by atoms with E-state index in [4.69, 9.17) is 4.74 Å². The number of hydrogen-bond acceptors (Lipinski definition) is 7. The zero-order valence-corrected chi connectivity index (χ0v) is 25.1. The second kappa shape index (κ2) is 10.5. The van der Waals surface area contributed by atoms with Crippen LogP contribution >= 0.6 is 11.8 Å². The van der Waals surface area contributed by atoms with Crippen LogP contribution in [-0.4, -0.2) is 75.9 Å². The maximum Gasteiger partial charge on any atom is 0.417 e. The van der Waals surface area contributed by atoms with Crippen molar-refractivity contribution in [3.8, 4) is 11.1 Å². The van der Waals surface area contributed by atoms with Crippen LogP contribution in [0, 0.1) is 11.6 Å². The molecule has 1 aromatic heterocycles. The van der Waals surface area contributed by atoms with Gasteiger partial charge in [-0.05, 0) is 38.1 Å². The Balaban J connectivity index is 1.46. The monoisotopic (exact) mass is 645 g/mol. The second-order valence-electron chi connectivity index (χ2n) is 11.8. The Bertz CT molecular complexity index is 1860. The molecule has 45 heavy (non-hydrogen) atoms. The fourth-order valence-electron chi connectivity index (χ4n) is 6.94. The molecule has 4 aliphatic heterocycles. The number of alkyl halides is 3. The standard InChI is InChI=1S/C31H28F5N5O3S/c1-4-25(42)40-15(2)9-39(10-16(40)3)29-20-8-21(31(34,35)36)26(19-6-5-17(32)7-22(19)33)28-27(20)41(30(43)37-29)18(14-45-28)11-38-12-24-23(38)13-44-24/h4-8,15-16,18H,1,9-14H2,2-3H3/t15-,16+,18-/m0/s1. The zero-order valence-electron chi connectivity index (χ0n) is 24.3. The van der Waals surface area contributed by atoms with E-state index in [0.717, 1.165) is 41.4 Å². The lowest BCUT2D eigenvalue weighted by Crippen LogP contribution is -2.58. The van der Waals surface area contributed by atoms with E-state index in [0.29, 0.717) is 25.8 Å². The van der Waals surface area contributed by atoms with Crippen molar-refractivity contribution in [3.05, 3.63) is 76.1 Å². The first-order chi connectivity index (χ1) is 21.4. The van der Waals surface area contributed by atoms with Gasteiger partial charge in [-0.15, -0.1) is 11.8 Å². The highest BCUT2D eigenvalue weighted by Crippen LogP contribution is 2.51. The molecule has 2 aromatic carbocycles. The molecule has 0 spiro atoms. The molecule has 0 saturated carbocycles. The van der Waals surface area contributed by atoms with Crippen LogP contribution in [0.3, 0.4) is 0 Å². The Morgan fingerprint density at radius 3 is 2.49 bits per heavy atom. The topological polar surface area (TPSA) is 70.9 Å². The largest absolute Gasteiger partial charge is 0.488 e. The number of anilines is 1. The van der Waals surface area contributed by atoms with Crippen LogP contribution in [0.2, 0.25) is 0 Å². The highest BCUT2D eigenvalue weighted by Gasteiger charge is 2.42. The molecule has 0 N–H and O–H groups in total. The summed E-state index contributed by atoms with van der Waals surface area (Å²) in [6, 6.07) is 2.23. The van der Waals surface area contributed by atoms with Gasteiger partial charge in [-0.2, -0.15) is 18.2 Å². The molecule has 5 heterocycles. The Morgan fingerprint density at radius 1 is 1.18 bits per heavy atom. The predicted molar refractivity (Wildman–Crippen MR) is 159 cm³/mol. The summed E-state index contributed by atoms with van der Waals surface area (Å²) in [4.78, 5) is 36.4. The van der Waals surface area contributed by atoms with Crippen molar-refractivity contribution in [3.63, 3.8) is 0 Å². The van der Waals surface area contributed by atoms with E-state index >= 15 is 4.39 Å². The third-order valence-electron chi connectivity index (χ3n) is 8.94. The first-order valence-electron chi connectivity index (χ1n) is 14.5. The maximum atomic E-state index is 15.2. The van der Waals surface area contributed by atoms with Crippen LogP contribution in [0.1, 0.15) is 25.5 Å². The average Bonchev–Trinajstić information content (AvgIpc) is 2.96. The van der Waals surface area contributed by atoms with E-state index in [1.54, 1.807) is 9.80 Å². The van der Waals surface area contributed by atoms with Gasteiger partial charge in [0.25, 0.3) is 0 Å². The van der Waals surface area contributed by atoms with E-state index in [2.05, 4.69) is 16.5 Å². The summed E-state index contributed by atoms with van der Waals surface area (Å²) in [6.45, 7) is 9.07. The van der Waals surface area contributed by atoms with E-state index in [-0.39, 0.29) is 58.4 Å². The first-order valence-corrected chi connectivity index (χ1v) is 15.4. The van der Waals surface area contributed by atoms with Gasteiger partial charge < -0.3 is 19.4 Å². The molecule has 0 radical (unpaired) electrons. The SMILES string of the molecule is C=CC(=O)N1[C@H](C)CN(c2nc(=O)n3c4c(c(-c5ccc(F)cc5F)c(C(F)(F)F)cc24)SC[C@@H]3CN2CC3=C2CO3)C[C@@H]1C. The number of aromatic nitrogens is 2. The van der Waals surface area contributed by atoms with Crippen LogP contribution in [0.4, 0.5) is 27.8 Å². The van der Waals surface area contributed by atoms with Crippen molar-refractivity contribution in [1.29, 1.82) is 0 Å². The number of benzene rings is 2. The Labute approximate surface area is 258 Å². The molecule has 4 aliphatic rings. The number of carbonyl (C=O) groups is 1.